The van der Waals surface area contributed by atoms with Crippen LogP contribution in [0.5, 0.6) is 0 Å². The van der Waals surface area contributed by atoms with Crippen molar-refractivity contribution in [1.29, 1.82) is 0 Å². The van der Waals surface area contributed by atoms with Crippen LogP contribution in [0, 0.1) is 15.4 Å². The molecule has 1 fully saturated rings. The SMILES string of the molecule is CC1SC(c2ccc(I)cc2)=CC2CC21. The molecule has 0 radical (unpaired) electrons. The summed E-state index contributed by atoms with van der Waals surface area (Å²) in [6.45, 7) is 2.37. The number of fused-ring (bicyclic) bond motifs is 1. The topological polar surface area (TPSA) is 0 Å². The van der Waals surface area contributed by atoms with Crippen molar-refractivity contribution in [3.05, 3.63) is 39.5 Å². The van der Waals surface area contributed by atoms with E-state index in [-0.39, 0.29) is 0 Å². The maximum absolute atomic E-state index is 2.48. The van der Waals surface area contributed by atoms with Gasteiger partial charge in [-0.3, -0.25) is 0 Å². The second-order valence-electron chi connectivity index (χ2n) is 4.42. The van der Waals surface area contributed by atoms with Crippen molar-refractivity contribution < 1.29 is 0 Å². The third-order valence-corrected chi connectivity index (χ3v) is 5.37. The van der Waals surface area contributed by atoms with E-state index >= 15 is 0 Å². The van der Waals surface area contributed by atoms with Gasteiger partial charge in [0.1, 0.15) is 0 Å². The molecule has 0 nitrogen and oxygen atoms in total. The van der Waals surface area contributed by atoms with E-state index in [1.807, 2.05) is 0 Å². The van der Waals surface area contributed by atoms with E-state index in [0.717, 1.165) is 17.1 Å². The van der Waals surface area contributed by atoms with E-state index in [0.29, 0.717) is 0 Å². The summed E-state index contributed by atoms with van der Waals surface area (Å²) in [4.78, 5) is 1.50. The van der Waals surface area contributed by atoms with Gasteiger partial charge in [-0.1, -0.05) is 25.1 Å². The Hall–Kier alpha value is 0.0400. The second-order valence-corrected chi connectivity index (χ2v) is 7.09. The lowest BCUT2D eigenvalue weighted by Gasteiger charge is -2.18. The van der Waals surface area contributed by atoms with Crippen molar-refractivity contribution in [1.82, 2.24) is 0 Å². The Morgan fingerprint density at radius 2 is 2.00 bits per heavy atom. The number of allylic oxidation sites excluding steroid dienone is 1. The van der Waals surface area contributed by atoms with E-state index in [9.17, 15) is 0 Å². The number of rotatable bonds is 1. The van der Waals surface area contributed by atoms with E-state index < -0.39 is 0 Å². The Labute approximate surface area is 109 Å². The highest BCUT2D eigenvalue weighted by atomic mass is 127. The summed E-state index contributed by atoms with van der Waals surface area (Å²) in [6, 6.07) is 8.88. The second kappa shape index (κ2) is 3.81. The van der Waals surface area contributed by atoms with Crippen LogP contribution in [-0.2, 0) is 0 Å². The molecule has 3 unspecified atom stereocenters. The van der Waals surface area contributed by atoms with Gasteiger partial charge in [-0.2, -0.15) is 0 Å². The van der Waals surface area contributed by atoms with Gasteiger partial charge in [0.2, 0.25) is 0 Å². The highest BCUT2D eigenvalue weighted by molar-refractivity contribution is 14.1. The van der Waals surface area contributed by atoms with Crippen molar-refractivity contribution >= 4 is 39.3 Å². The third-order valence-electron chi connectivity index (χ3n) is 3.30. The highest BCUT2D eigenvalue weighted by Gasteiger charge is 2.43. The molecule has 0 saturated heterocycles. The molecule has 1 heterocycles. The molecule has 1 saturated carbocycles. The molecule has 0 amide bonds. The van der Waals surface area contributed by atoms with Gasteiger partial charge >= 0.3 is 0 Å². The van der Waals surface area contributed by atoms with Crippen molar-refractivity contribution in [3.63, 3.8) is 0 Å². The predicted octanol–water partition coefficient (Wildman–Crippen LogP) is 4.40. The summed E-state index contributed by atoms with van der Waals surface area (Å²) < 4.78 is 1.31. The molecule has 1 aliphatic carbocycles. The summed E-state index contributed by atoms with van der Waals surface area (Å²) in [5.41, 5.74) is 1.40. The first-order valence-corrected chi connectivity index (χ1v) is 7.34. The van der Waals surface area contributed by atoms with Crippen LogP contribution in [-0.4, -0.2) is 5.25 Å². The molecule has 78 valence electrons. The van der Waals surface area contributed by atoms with Crippen LogP contribution < -0.4 is 0 Å². The van der Waals surface area contributed by atoms with Crippen molar-refractivity contribution in [3.8, 4) is 0 Å². The zero-order valence-corrected chi connectivity index (χ0v) is 11.6. The normalized spacial score (nSPS) is 33.2. The Bertz CT molecular complexity index is 407. The fourth-order valence-electron chi connectivity index (χ4n) is 2.27. The van der Waals surface area contributed by atoms with Crippen molar-refractivity contribution in [2.24, 2.45) is 11.8 Å². The van der Waals surface area contributed by atoms with Gasteiger partial charge in [0, 0.05) is 13.7 Å². The molecule has 0 N–H and O–H groups in total. The van der Waals surface area contributed by atoms with Gasteiger partial charge in [-0.05, 0) is 58.5 Å². The zero-order chi connectivity index (χ0) is 10.4. The molecule has 15 heavy (non-hydrogen) atoms. The molecule has 3 rings (SSSR count). The summed E-state index contributed by atoms with van der Waals surface area (Å²) in [5, 5.41) is 0.814. The van der Waals surface area contributed by atoms with E-state index in [1.54, 1.807) is 0 Å². The molecule has 1 aromatic rings. The van der Waals surface area contributed by atoms with E-state index in [1.165, 1.54) is 20.5 Å². The smallest absolute Gasteiger partial charge is 0.0130 e. The van der Waals surface area contributed by atoms with Crippen LogP contribution in [0.4, 0.5) is 0 Å². The number of hydrogen-bond acceptors (Lipinski definition) is 1. The maximum atomic E-state index is 2.48. The molecule has 1 aromatic carbocycles. The number of benzene rings is 1. The third kappa shape index (κ3) is 1.98. The first-order valence-electron chi connectivity index (χ1n) is 5.38. The first kappa shape index (κ1) is 10.2. The van der Waals surface area contributed by atoms with Crippen LogP contribution >= 0.6 is 34.4 Å². The summed E-state index contributed by atoms with van der Waals surface area (Å²) in [7, 11) is 0. The van der Waals surface area contributed by atoms with Gasteiger partial charge in [0.25, 0.3) is 0 Å². The quantitative estimate of drug-likeness (QED) is 0.689. The molecule has 1 aliphatic heterocycles. The fourth-order valence-corrected chi connectivity index (χ4v) is 4.04. The number of halogens is 1. The largest absolute Gasteiger partial charge is 0.122 e. The summed E-state index contributed by atoms with van der Waals surface area (Å²) in [5.74, 6) is 1.86. The van der Waals surface area contributed by atoms with Crippen molar-refractivity contribution in [2.75, 3.05) is 0 Å². The van der Waals surface area contributed by atoms with Crippen LogP contribution in [0.3, 0.4) is 0 Å². The average molecular weight is 328 g/mol. The molecular formula is C13H13IS. The Balaban J connectivity index is 1.91. The standard InChI is InChI=1S/C13H13IS/c1-8-12-6-10(12)7-13(15-8)9-2-4-11(14)5-3-9/h2-5,7-8,10,12H,6H2,1H3. The number of thioether (sulfide) groups is 1. The molecule has 2 aliphatic rings. The lowest BCUT2D eigenvalue weighted by atomic mass is 10.1. The van der Waals surface area contributed by atoms with Crippen LogP contribution in [0.15, 0.2) is 30.3 Å². The lowest BCUT2D eigenvalue weighted by Crippen LogP contribution is -2.05. The van der Waals surface area contributed by atoms with Crippen LogP contribution in [0.2, 0.25) is 0 Å². The average Bonchev–Trinajstić information content (AvgIpc) is 2.98. The first-order chi connectivity index (χ1) is 7.24. The minimum Gasteiger partial charge on any atom is -0.122 e. The lowest BCUT2D eigenvalue weighted by molar-refractivity contribution is 0.772. The predicted molar refractivity (Wildman–Crippen MR) is 75.8 cm³/mol. The zero-order valence-electron chi connectivity index (χ0n) is 8.61. The fraction of sp³-hybridized carbons (Fsp3) is 0.385. The summed E-state index contributed by atoms with van der Waals surface area (Å²) >= 11 is 4.41. The van der Waals surface area contributed by atoms with Crippen LogP contribution in [0.25, 0.3) is 4.91 Å². The highest BCUT2D eigenvalue weighted by Crippen LogP contribution is 2.55. The molecule has 2 heteroatoms. The molecule has 0 aromatic heterocycles. The Kier molecular flexibility index (Phi) is 2.59. The van der Waals surface area contributed by atoms with Gasteiger partial charge in [0.05, 0.1) is 0 Å². The minimum atomic E-state index is 0.814. The van der Waals surface area contributed by atoms with Crippen molar-refractivity contribution in [2.45, 2.75) is 18.6 Å². The maximum Gasteiger partial charge on any atom is 0.0130 e. The van der Waals surface area contributed by atoms with E-state index in [2.05, 4.69) is 71.6 Å². The molecule has 0 spiro atoms. The van der Waals surface area contributed by atoms with Gasteiger partial charge in [-0.25, -0.2) is 0 Å². The molecule has 3 atom stereocenters. The van der Waals surface area contributed by atoms with Gasteiger partial charge in [-0.15, -0.1) is 11.8 Å². The minimum absolute atomic E-state index is 0.814. The molecule has 0 bridgehead atoms. The van der Waals surface area contributed by atoms with Crippen LogP contribution in [0.1, 0.15) is 18.9 Å². The Morgan fingerprint density at radius 3 is 2.67 bits per heavy atom. The van der Waals surface area contributed by atoms with Gasteiger partial charge in [0.15, 0.2) is 0 Å². The molecular weight excluding hydrogens is 315 g/mol. The Morgan fingerprint density at radius 1 is 1.27 bits per heavy atom. The number of hydrogen-bond donors (Lipinski definition) is 0. The van der Waals surface area contributed by atoms with E-state index in [4.69, 9.17) is 0 Å². The van der Waals surface area contributed by atoms with Gasteiger partial charge < -0.3 is 0 Å². The monoisotopic (exact) mass is 328 g/mol. The summed E-state index contributed by atoms with van der Waals surface area (Å²) in [6.07, 6.45) is 3.90.